The molecular weight excluding hydrogens is 272 g/mol. The molecule has 7 rings (SSSR count). The largest absolute Gasteiger partial charge is 0.396 e. The van der Waals surface area contributed by atoms with E-state index in [0.717, 1.165) is 59.2 Å². The van der Waals surface area contributed by atoms with Crippen molar-refractivity contribution >= 4 is 0 Å². The van der Waals surface area contributed by atoms with Crippen LogP contribution in [-0.2, 0) is 0 Å². The van der Waals surface area contributed by atoms with Crippen molar-refractivity contribution < 1.29 is 10.2 Å². The highest BCUT2D eigenvalue weighted by molar-refractivity contribution is 5.27. The molecule has 0 aromatic rings. The highest BCUT2D eigenvalue weighted by Crippen LogP contribution is 2.82. The summed E-state index contributed by atoms with van der Waals surface area (Å²) in [5, 5.41) is 21.4. The van der Waals surface area contributed by atoms with Gasteiger partial charge in [0.15, 0.2) is 0 Å². The lowest BCUT2D eigenvalue weighted by Gasteiger charge is -2.31. The van der Waals surface area contributed by atoms with Crippen LogP contribution in [0.3, 0.4) is 0 Å². The van der Waals surface area contributed by atoms with Crippen molar-refractivity contribution in [3.05, 3.63) is 0 Å². The highest BCUT2D eigenvalue weighted by Gasteiger charge is 2.80. The zero-order chi connectivity index (χ0) is 14.3. The minimum Gasteiger partial charge on any atom is -0.396 e. The fourth-order valence-corrected chi connectivity index (χ4v) is 10.9. The summed E-state index contributed by atoms with van der Waals surface area (Å²) < 4.78 is 0. The number of fused-ring (bicyclic) bond motifs is 5. The summed E-state index contributed by atoms with van der Waals surface area (Å²) in [6.07, 6.45) is 7.00. The van der Waals surface area contributed by atoms with Crippen molar-refractivity contribution in [3.63, 3.8) is 0 Å². The monoisotopic (exact) mass is 300 g/mol. The third-order valence-electron chi connectivity index (χ3n) is 10.5. The van der Waals surface area contributed by atoms with Crippen LogP contribution < -0.4 is 0 Å². The number of aliphatic hydroxyl groups is 2. The van der Waals surface area contributed by atoms with Gasteiger partial charge in [0.1, 0.15) is 0 Å². The second-order valence-electron chi connectivity index (χ2n) is 10.1. The number of hydrogen-bond donors (Lipinski definition) is 2. The second-order valence-corrected chi connectivity index (χ2v) is 10.1. The molecule has 14 atom stereocenters. The van der Waals surface area contributed by atoms with E-state index in [-0.39, 0.29) is 6.10 Å². The number of rotatable bonds is 1. The van der Waals surface area contributed by atoms with Gasteiger partial charge in [-0.25, -0.2) is 0 Å². The van der Waals surface area contributed by atoms with E-state index in [0.29, 0.717) is 24.4 Å². The third kappa shape index (κ3) is 0.989. The van der Waals surface area contributed by atoms with E-state index in [4.69, 9.17) is 0 Å². The summed E-state index contributed by atoms with van der Waals surface area (Å²) in [7, 11) is 0. The van der Waals surface area contributed by atoms with Gasteiger partial charge in [0.2, 0.25) is 0 Å². The van der Waals surface area contributed by atoms with Gasteiger partial charge in [-0.3, -0.25) is 0 Å². The Kier molecular flexibility index (Phi) is 2.02. The molecule has 7 fully saturated rings. The van der Waals surface area contributed by atoms with Crippen LogP contribution >= 0.6 is 0 Å². The predicted octanol–water partition coefficient (Wildman–Crippen LogP) is 2.40. The Labute approximate surface area is 132 Å². The molecule has 0 amide bonds. The molecule has 2 N–H and O–H groups in total. The Morgan fingerprint density at radius 3 is 2.05 bits per heavy atom. The lowest BCUT2D eigenvalue weighted by Crippen LogP contribution is -2.30. The Bertz CT molecular complexity index is 537. The molecule has 2 heteroatoms. The standard InChI is InChI=1S/C20H28O2/c21-6-11-12-7-2-1-3-8(7)15-16(12)17-14(11)9-4-5-10-13(9)18(17)19(15)20(10)22/h7-22H,1-6H2. The van der Waals surface area contributed by atoms with Gasteiger partial charge in [-0.1, -0.05) is 6.42 Å². The molecule has 0 heterocycles. The average Bonchev–Trinajstić information content (AvgIpc) is 3.26. The molecule has 120 valence electrons. The molecule has 0 radical (unpaired) electrons. The molecule has 0 aromatic heterocycles. The van der Waals surface area contributed by atoms with Crippen molar-refractivity contribution in [3.8, 4) is 0 Å². The fourth-order valence-electron chi connectivity index (χ4n) is 10.9. The van der Waals surface area contributed by atoms with E-state index >= 15 is 0 Å². The molecule has 0 aromatic carbocycles. The average molecular weight is 300 g/mol. The summed E-state index contributed by atoms with van der Waals surface area (Å²) >= 11 is 0. The molecule has 14 unspecified atom stereocenters. The van der Waals surface area contributed by atoms with E-state index in [9.17, 15) is 10.2 Å². The second kappa shape index (κ2) is 3.61. The minimum atomic E-state index is 0.0455. The fraction of sp³-hybridized carbons (Fsp3) is 1.00. The predicted molar refractivity (Wildman–Crippen MR) is 81.5 cm³/mol. The molecule has 0 aliphatic heterocycles. The summed E-state index contributed by atoms with van der Waals surface area (Å²) in [6, 6.07) is 0. The first-order chi connectivity index (χ1) is 10.8. The maximum absolute atomic E-state index is 11.1. The number of aliphatic hydroxyl groups excluding tert-OH is 2. The topological polar surface area (TPSA) is 40.5 Å². The van der Waals surface area contributed by atoms with Gasteiger partial charge in [0.05, 0.1) is 6.10 Å². The van der Waals surface area contributed by atoms with Crippen molar-refractivity contribution in [1.82, 2.24) is 0 Å². The summed E-state index contributed by atoms with van der Waals surface area (Å²) in [4.78, 5) is 0. The molecule has 0 spiro atoms. The quantitative estimate of drug-likeness (QED) is 0.780. The van der Waals surface area contributed by atoms with Gasteiger partial charge in [-0.2, -0.15) is 0 Å². The van der Waals surface area contributed by atoms with Gasteiger partial charge in [-0.05, 0) is 103 Å². The van der Waals surface area contributed by atoms with Crippen molar-refractivity contribution in [2.24, 2.45) is 76.9 Å². The molecule has 0 saturated heterocycles. The Hall–Kier alpha value is -0.0800. The first-order valence-electron chi connectivity index (χ1n) is 10.1. The van der Waals surface area contributed by atoms with Crippen molar-refractivity contribution in [1.29, 1.82) is 0 Å². The summed E-state index contributed by atoms with van der Waals surface area (Å²) in [5.41, 5.74) is 0. The van der Waals surface area contributed by atoms with Crippen LogP contribution in [0.25, 0.3) is 0 Å². The lowest BCUT2D eigenvalue weighted by atomic mass is 9.75. The Morgan fingerprint density at radius 2 is 1.23 bits per heavy atom. The Balaban J connectivity index is 1.46. The van der Waals surface area contributed by atoms with E-state index < -0.39 is 0 Å². The molecule has 0 bridgehead atoms. The zero-order valence-corrected chi connectivity index (χ0v) is 13.2. The maximum atomic E-state index is 11.1. The van der Waals surface area contributed by atoms with E-state index in [1.54, 1.807) is 0 Å². The van der Waals surface area contributed by atoms with Crippen LogP contribution in [-0.4, -0.2) is 22.9 Å². The van der Waals surface area contributed by atoms with Crippen molar-refractivity contribution in [2.75, 3.05) is 6.61 Å². The van der Waals surface area contributed by atoms with E-state index in [2.05, 4.69) is 0 Å². The van der Waals surface area contributed by atoms with Crippen LogP contribution in [0, 0.1) is 76.9 Å². The van der Waals surface area contributed by atoms with Crippen LogP contribution in [0.1, 0.15) is 32.1 Å². The van der Waals surface area contributed by atoms with Crippen LogP contribution in [0.2, 0.25) is 0 Å². The molecule has 7 aliphatic carbocycles. The smallest absolute Gasteiger partial charge is 0.0605 e. The zero-order valence-electron chi connectivity index (χ0n) is 13.2. The van der Waals surface area contributed by atoms with Gasteiger partial charge < -0.3 is 10.2 Å². The molecule has 22 heavy (non-hydrogen) atoms. The van der Waals surface area contributed by atoms with Crippen LogP contribution in [0.4, 0.5) is 0 Å². The van der Waals surface area contributed by atoms with Crippen molar-refractivity contribution in [2.45, 2.75) is 38.2 Å². The van der Waals surface area contributed by atoms with E-state index in [1.807, 2.05) is 0 Å². The maximum Gasteiger partial charge on any atom is 0.0605 e. The Morgan fingerprint density at radius 1 is 0.591 bits per heavy atom. The SMILES string of the molecule is OCC1C2C3CCCC3C3C4C(O)C5CCC6C5C4C(C61)C23. The van der Waals surface area contributed by atoms with Crippen LogP contribution in [0.5, 0.6) is 0 Å². The molecule has 7 saturated carbocycles. The number of hydrogen-bond acceptors (Lipinski definition) is 2. The third-order valence-corrected chi connectivity index (χ3v) is 10.5. The van der Waals surface area contributed by atoms with Gasteiger partial charge in [-0.15, -0.1) is 0 Å². The van der Waals surface area contributed by atoms with Crippen LogP contribution in [0.15, 0.2) is 0 Å². The van der Waals surface area contributed by atoms with Gasteiger partial charge >= 0.3 is 0 Å². The lowest BCUT2D eigenvalue weighted by molar-refractivity contribution is 0.0456. The normalized spacial score (nSPS) is 75.0. The summed E-state index contributed by atoms with van der Waals surface area (Å²) in [6.45, 7) is 0.464. The molecule has 2 nitrogen and oxygen atoms in total. The van der Waals surface area contributed by atoms with Gasteiger partial charge in [0, 0.05) is 6.61 Å². The summed E-state index contributed by atoms with van der Waals surface area (Å²) in [5.74, 6) is 10.8. The molecule has 7 aliphatic rings. The van der Waals surface area contributed by atoms with Gasteiger partial charge in [0.25, 0.3) is 0 Å². The first kappa shape index (κ1) is 12.3. The highest BCUT2D eigenvalue weighted by atomic mass is 16.3. The first-order valence-corrected chi connectivity index (χ1v) is 10.1. The van der Waals surface area contributed by atoms with E-state index in [1.165, 1.54) is 32.1 Å². The molecular formula is C20H28O2. The minimum absolute atomic E-state index is 0.0455.